The van der Waals surface area contributed by atoms with E-state index in [0.717, 1.165) is 12.5 Å². The number of hydrogen-bond donors (Lipinski definition) is 1. The van der Waals surface area contributed by atoms with Crippen molar-refractivity contribution in [3.05, 3.63) is 0 Å². The third-order valence-electron chi connectivity index (χ3n) is 1.65. The highest BCUT2D eigenvalue weighted by molar-refractivity contribution is 5.73. The van der Waals surface area contributed by atoms with Gasteiger partial charge in [0, 0.05) is 20.6 Å². The molecule has 1 fully saturated rings. The summed E-state index contributed by atoms with van der Waals surface area (Å²) in [7, 11) is 3.50. The molecule has 0 unspecified atom stereocenters. The van der Waals surface area contributed by atoms with E-state index in [4.69, 9.17) is 0 Å². The van der Waals surface area contributed by atoms with Crippen LogP contribution in [0.25, 0.3) is 0 Å². The summed E-state index contributed by atoms with van der Waals surface area (Å²) in [6.07, 6.45) is 2.57. The van der Waals surface area contributed by atoms with Crippen molar-refractivity contribution in [2.75, 3.05) is 20.6 Å². The Balaban J connectivity index is 2.05. The van der Waals surface area contributed by atoms with Gasteiger partial charge in [0.15, 0.2) is 0 Å². The van der Waals surface area contributed by atoms with E-state index in [9.17, 15) is 4.79 Å². The first kappa shape index (κ1) is 7.38. The summed E-state index contributed by atoms with van der Waals surface area (Å²) in [5.74, 6) is 0.767. The molecule has 1 aliphatic rings. The molecule has 0 aromatic heterocycles. The van der Waals surface area contributed by atoms with Gasteiger partial charge in [0.1, 0.15) is 0 Å². The molecule has 10 heavy (non-hydrogen) atoms. The molecule has 0 aromatic rings. The molecule has 1 aliphatic carbocycles. The molecule has 1 rings (SSSR count). The van der Waals surface area contributed by atoms with Crippen LogP contribution in [0.3, 0.4) is 0 Å². The molecule has 0 heterocycles. The number of amides is 2. The topological polar surface area (TPSA) is 32.3 Å². The molecule has 3 heteroatoms. The lowest BCUT2D eigenvalue weighted by molar-refractivity contribution is 0.217. The van der Waals surface area contributed by atoms with Crippen LogP contribution in [0.4, 0.5) is 4.79 Å². The molecule has 0 aliphatic heterocycles. The van der Waals surface area contributed by atoms with E-state index in [1.807, 2.05) is 0 Å². The third-order valence-corrected chi connectivity index (χ3v) is 1.65. The van der Waals surface area contributed by atoms with Gasteiger partial charge in [0.05, 0.1) is 0 Å². The highest BCUT2D eigenvalue weighted by atomic mass is 16.2. The van der Waals surface area contributed by atoms with Gasteiger partial charge in [-0.2, -0.15) is 0 Å². The SMILES string of the molecule is CN(C)C(=O)NCC1CC1. The summed E-state index contributed by atoms with van der Waals surface area (Å²) in [6, 6.07) is 0.0203. The van der Waals surface area contributed by atoms with Gasteiger partial charge in [0.25, 0.3) is 0 Å². The average Bonchev–Trinajstić information content (AvgIpc) is 2.64. The monoisotopic (exact) mass is 142 g/mol. The first-order valence-corrected chi connectivity index (χ1v) is 3.65. The second-order valence-electron chi connectivity index (χ2n) is 3.02. The van der Waals surface area contributed by atoms with E-state index >= 15 is 0 Å². The molecule has 1 saturated carbocycles. The molecule has 0 atom stereocenters. The fourth-order valence-corrected chi connectivity index (χ4v) is 0.712. The van der Waals surface area contributed by atoms with Gasteiger partial charge in [-0.15, -0.1) is 0 Å². The maximum atomic E-state index is 10.9. The fourth-order valence-electron chi connectivity index (χ4n) is 0.712. The largest absolute Gasteiger partial charge is 0.338 e. The van der Waals surface area contributed by atoms with Crippen molar-refractivity contribution in [2.45, 2.75) is 12.8 Å². The number of nitrogens with zero attached hydrogens (tertiary/aromatic N) is 1. The van der Waals surface area contributed by atoms with E-state index in [-0.39, 0.29) is 6.03 Å². The van der Waals surface area contributed by atoms with E-state index < -0.39 is 0 Å². The number of carbonyl (C=O) groups excluding carboxylic acids is 1. The van der Waals surface area contributed by atoms with Crippen molar-refractivity contribution >= 4 is 6.03 Å². The number of hydrogen-bond acceptors (Lipinski definition) is 1. The van der Waals surface area contributed by atoms with Gasteiger partial charge in [-0.05, 0) is 18.8 Å². The highest BCUT2D eigenvalue weighted by Crippen LogP contribution is 2.27. The molecule has 3 nitrogen and oxygen atoms in total. The minimum atomic E-state index is 0.0203. The van der Waals surface area contributed by atoms with Crippen LogP contribution in [0.15, 0.2) is 0 Å². The Morgan fingerprint density at radius 3 is 2.60 bits per heavy atom. The average molecular weight is 142 g/mol. The van der Waals surface area contributed by atoms with Crippen LogP contribution in [0.2, 0.25) is 0 Å². The van der Waals surface area contributed by atoms with Gasteiger partial charge in [-0.1, -0.05) is 0 Å². The van der Waals surface area contributed by atoms with E-state index in [1.165, 1.54) is 12.8 Å². The first-order chi connectivity index (χ1) is 4.70. The van der Waals surface area contributed by atoms with Gasteiger partial charge in [0.2, 0.25) is 0 Å². The normalized spacial score (nSPS) is 16.6. The molecule has 0 spiro atoms. The van der Waals surface area contributed by atoms with Crippen molar-refractivity contribution < 1.29 is 4.79 Å². The molecule has 0 bridgehead atoms. The number of rotatable bonds is 2. The Labute approximate surface area is 61.4 Å². The van der Waals surface area contributed by atoms with E-state index in [1.54, 1.807) is 19.0 Å². The molecule has 2 amide bonds. The van der Waals surface area contributed by atoms with Gasteiger partial charge >= 0.3 is 6.03 Å². The second kappa shape index (κ2) is 2.90. The van der Waals surface area contributed by atoms with Gasteiger partial charge in [-0.25, -0.2) is 4.79 Å². The minimum Gasteiger partial charge on any atom is -0.338 e. The molecular weight excluding hydrogens is 128 g/mol. The summed E-state index contributed by atoms with van der Waals surface area (Å²) in [5, 5.41) is 2.83. The number of nitrogens with one attached hydrogen (secondary N) is 1. The highest BCUT2D eigenvalue weighted by Gasteiger charge is 2.21. The Hall–Kier alpha value is -0.730. The summed E-state index contributed by atoms with van der Waals surface area (Å²) in [5.41, 5.74) is 0. The lowest BCUT2D eigenvalue weighted by Gasteiger charge is -2.10. The Morgan fingerprint density at radius 2 is 2.20 bits per heavy atom. The molecule has 0 aromatic carbocycles. The Bertz CT molecular complexity index is 130. The smallest absolute Gasteiger partial charge is 0.316 e. The maximum absolute atomic E-state index is 10.9. The zero-order valence-corrected chi connectivity index (χ0v) is 6.55. The lowest BCUT2D eigenvalue weighted by Crippen LogP contribution is -2.35. The predicted octanol–water partition coefficient (Wildman–Crippen LogP) is 0.668. The minimum absolute atomic E-state index is 0.0203. The Morgan fingerprint density at radius 1 is 1.60 bits per heavy atom. The predicted molar refractivity (Wildman–Crippen MR) is 39.8 cm³/mol. The van der Waals surface area contributed by atoms with E-state index in [2.05, 4.69) is 5.32 Å². The third kappa shape index (κ3) is 2.25. The fraction of sp³-hybridized carbons (Fsp3) is 0.857. The standard InChI is InChI=1S/C7H14N2O/c1-9(2)7(10)8-5-6-3-4-6/h6H,3-5H2,1-2H3,(H,8,10). The van der Waals surface area contributed by atoms with Crippen LogP contribution in [0, 0.1) is 5.92 Å². The van der Waals surface area contributed by atoms with Crippen molar-refractivity contribution in [3.8, 4) is 0 Å². The molecule has 1 N–H and O–H groups in total. The van der Waals surface area contributed by atoms with E-state index in [0.29, 0.717) is 0 Å². The number of carbonyl (C=O) groups is 1. The number of urea groups is 1. The zero-order valence-electron chi connectivity index (χ0n) is 6.55. The summed E-state index contributed by atoms with van der Waals surface area (Å²) in [4.78, 5) is 12.4. The summed E-state index contributed by atoms with van der Waals surface area (Å²) < 4.78 is 0. The summed E-state index contributed by atoms with van der Waals surface area (Å²) in [6.45, 7) is 0.858. The van der Waals surface area contributed by atoms with Crippen molar-refractivity contribution in [1.82, 2.24) is 10.2 Å². The first-order valence-electron chi connectivity index (χ1n) is 3.65. The molecule has 58 valence electrons. The van der Waals surface area contributed by atoms with Crippen molar-refractivity contribution in [3.63, 3.8) is 0 Å². The maximum Gasteiger partial charge on any atom is 0.316 e. The lowest BCUT2D eigenvalue weighted by atomic mass is 10.4. The second-order valence-corrected chi connectivity index (χ2v) is 3.02. The Kier molecular flexibility index (Phi) is 2.14. The molecular formula is C7H14N2O. The molecule has 0 saturated heterocycles. The van der Waals surface area contributed by atoms with Crippen LogP contribution in [0.5, 0.6) is 0 Å². The van der Waals surface area contributed by atoms with Crippen LogP contribution < -0.4 is 5.32 Å². The van der Waals surface area contributed by atoms with Crippen molar-refractivity contribution in [1.29, 1.82) is 0 Å². The van der Waals surface area contributed by atoms with Gasteiger partial charge < -0.3 is 10.2 Å². The van der Waals surface area contributed by atoms with Crippen molar-refractivity contribution in [2.24, 2.45) is 5.92 Å². The van der Waals surface area contributed by atoms with Crippen LogP contribution in [0.1, 0.15) is 12.8 Å². The zero-order chi connectivity index (χ0) is 7.56. The van der Waals surface area contributed by atoms with Gasteiger partial charge in [-0.3, -0.25) is 0 Å². The van der Waals surface area contributed by atoms with Crippen LogP contribution >= 0.6 is 0 Å². The van der Waals surface area contributed by atoms with Crippen LogP contribution in [-0.2, 0) is 0 Å². The summed E-state index contributed by atoms with van der Waals surface area (Å²) >= 11 is 0. The van der Waals surface area contributed by atoms with Crippen LogP contribution in [-0.4, -0.2) is 31.6 Å². The quantitative estimate of drug-likeness (QED) is 0.603. The molecule has 0 radical (unpaired) electrons.